The van der Waals surface area contributed by atoms with Crippen molar-refractivity contribution in [3.05, 3.63) is 69.6 Å². The number of benzene rings is 2. The van der Waals surface area contributed by atoms with Gasteiger partial charge in [0.05, 0.1) is 10.4 Å². The van der Waals surface area contributed by atoms with Gasteiger partial charge in [-0.05, 0) is 81.1 Å². The number of likely N-dealkylation sites (tertiary alicyclic amines) is 1. The molecule has 2 aliphatic heterocycles. The molecule has 1 amide bonds. The van der Waals surface area contributed by atoms with E-state index >= 15 is 0 Å². The lowest BCUT2D eigenvalue weighted by atomic mass is 9.72. The van der Waals surface area contributed by atoms with Gasteiger partial charge in [-0.15, -0.1) is 0 Å². The van der Waals surface area contributed by atoms with Crippen LogP contribution in [0.2, 0.25) is 10.0 Å². The predicted molar refractivity (Wildman–Crippen MR) is 148 cm³/mol. The Bertz CT molecular complexity index is 1420. The van der Waals surface area contributed by atoms with Crippen LogP contribution in [0.25, 0.3) is 11.1 Å². The molecule has 6 rings (SSSR count). The third kappa shape index (κ3) is 4.21. The fourth-order valence-electron chi connectivity index (χ4n) is 6.00. The summed E-state index contributed by atoms with van der Waals surface area (Å²) in [6.45, 7) is 3.64. The van der Waals surface area contributed by atoms with E-state index in [-0.39, 0.29) is 16.7 Å². The van der Waals surface area contributed by atoms with Crippen LogP contribution >= 0.6 is 23.2 Å². The van der Waals surface area contributed by atoms with Gasteiger partial charge < -0.3 is 20.7 Å². The van der Waals surface area contributed by atoms with Gasteiger partial charge in [0.25, 0.3) is 0 Å². The van der Waals surface area contributed by atoms with Crippen LogP contribution in [0, 0.1) is 5.82 Å². The predicted octanol–water partition coefficient (Wildman–Crippen LogP) is 6.75. The van der Waals surface area contributed by atoms with Gasteiger partial charge in [0, 0.05) is 34.1 Å². The highest BCUT2D eigenvalue weighted by Gasteiger charge is 2.49. The maximum atomic E-state index is 14.1. The molecule has 1 spiro atoms. The van der Waals surface area contributed by atoms with E-state index < -0.39 is 17.3 Å². The Kier molecular flexibility index (Phi) is 6.49. The highest BCUT2D eigenvalue weighted by molar-refractivity contribution is 6.36. The van der Waals surface area contributed by atoms with Crippen LogP contribution in [0.5, 0.6) is 5.75 Å². The molecule has 3 heterocycles. The van der Waals surface area contributed by atoms with E-state index in [0.717, 1.165) is 48.3 Å². The first kappa shape index (κ1) is 25.4. The number of nitrogens with one attached hydrogen (secondary N) is 1. The van der Waals surface area contributed by atoms with Gasteiger partial charge in [-0.3, -0.25) is 4.79 Å². The van der Waals surface area contributed by atoms with Crippen LogP contribution in [0.4, 0.5) is 15.9 Å². The van der Waals surface area contributed by atoms with Crippen LogP contribution in [-0.4, -0.2) is 34.9 Å². The third-order valence-electron chi connectivity index (χ3n) is 8.47. The molecule has 198 valence electrons. The Balaban J connectivity index is 1.25. The Morgan fingerprint density at radius 2 is 1.92 bits per heavy atom. The molecule has 38 heavy (non-hydrogen) atoms. The molecule has 3 aliphatic rings. The molecular weight excluding hydrogens is 526 g/mol. The van der Waals surface area contributed by atoms with Crippen LogP contribution < -0.4 is 15.8 Å². The minimum atomic E-state index is -0.671. The van der Waals surface area contributed by atoms with E-state index in [1.165, 1.54) is 31.4 Å². The number of carbonyl (C=O) groups excluding carboxylic acids is 1. The largest absolute Gasteiger partial charge is 0.482 e. The zero-order chi connectivity index (χ0) is 26.6. The third-order valence-corrected chi connectivity index (χ3v) is 9.18. The number of fused-ring (bicyclic) bond motifs is 2. The van der Waals surface area contributed by atoms with Gasteiger partial charge in [0.2, 0.25) is 5.91 Å². The molecule has 1 saturated heterocycles. The minimum absolute atomic E-state index is 0.0884. The lowest BCUT2D eigenvalue weighted by Gasteiger charge is -2.44. The number of anilines is 2. The first-order valence-electron chi connectivity index (χ1n) is 13.0. The average molecular weight is 555 g/mol. The van der Waals surface area contributed by atoms with E-state index in [2.05, 4.69) is 21.3 Å². The molecule has 0 radical (unpaired) electrons. The summed E-state index contributed by atoms with van der Waals surface area (Å²) in [5, 5.41) is 3.35. The molecule has 1 atom stereocenters. The average Bonchev–Trinajstić information content (AvgIpc) is 3.13. The second kappa shape index (κ2) is 9.70. The van der Waals surface area contributed by atoms with E-state index in [9.17, 15) is 9.18 Å². The molecular formula is C29H29Cl2FN4O2. The van der Waals surface area contributed by atoms with Crippen LogP contribution in [-0.2, 0) is 10.2 Å². The van der Waals surface area contributed by atoms with Crippen LogP contribution in [0.1, 0.15) is 56.3 Å². The van der Waals surface area contributed by atoms with Gasteiger partial charge in [-0.1, -0.05) is 41.8 Å². The zero-order valence-electron chi connectivity index (χ0n) is 21.1. The topological polar surface area (TPSA) is 80.5 Å². The molecule has 0 bridgehead atoms. The number of hydrogen-bond donors (Lipinski definition) is 2. The van der Waals surface area contributed by atoms with Crippen molar-refractivity contribution in [2.24, 2.45) is 0 Å². The van der Waals surface area contributed by atoms with Crippen molar-refractivity contribution >= 4 is 40.6 Å². The number of rotatable bonds is 5. The van der Waals surface area contributed by atoms with E-state index in [0.29, 0.717) is 22.4 Å². The Morgan fingerprint density at radius 3 is 2.63 bits per heavy atom. The first-order valence-corrected chi connectivity index (χ1v) is 13.8. The zero-order valence-corrected chi connectivity index (χ0v) is 22.6. The quantitative estimate of drug-likeness (QED) is 0.341. The normalized spacial score (nSPS) is 19.6. The van der Waals surface area contributed by atoms with Gasteiger partial charge >= 0.3 is 0 Å². The van der Waals surface area contributed by atoms with Gasteiger partial charge in [-0.25, -0.2) is 9.37 Å². The maximum Gasteiger partial charge on any atom is 0.235 e. The molecule has 1 saturated carbocycles. The molecule has 2 aromatic carbocycles. The molecule has 3 aromatic rings. The van der Waals surface area contributed by atoms with Crippen molar-refractivity contribution in [3.63, 3.8) is 0 Å². The highest BCUT2D eigenvalue weighted by atomic mass is 35.5. The second-order valence-electron chi connectivity index (χ2n) is 10.5. The molecule has 1 aromatic heterocycles. The molecule has 3 N–H and O–H groups in total. The summed E-state index contributed by atoms with van der Waals surface area (Å²) >= 11 is 12.4. The van der Waals surface area contributed by atoms with Crippen molar-refractivity contribution < 1.29 is 13.9 Å². The summed E-state index contributed by atoms with van der Waals surface area (Å²) in [4.78, 5) is 20.1. The van der Waals surface area contributed by atoms with E-state index in [1.54, 1.807) is 19.2 Å². The van der Waals surface area contributed by atoms with Crippen LogP contribution in [0.3, 0.4) is 0 Å². The molecule has 0 unspecified atom stereocenters. The van der Waals surface area contributed by atoms with E-state index in [1.807, 2.05) is 12.1 Å². The fourth-order valence-corrected chi connectivity index (χ4v) is 6.68. The Hall–Kier alpha value is -2.87. The summed E-state index contributed by atoms with van der Waals surface area (Å²) in [6, 6.07) is 11.2. The molecule has 9 heteroatoms. The number of nitrogen functional groups attached to an aromatic ring is 1. The number of pyridine rings is 1. The monoisotopic (exact) mass is 554 g/mol. The second-order valence-corrected chi connectivity index (χ2v) is 11.3. The molecule has 6 nitrogen and oxygen atoms in total. The van der Waals surface area contributed by atoms with Crippen molar-refractivity contribution in [3.8, 4) is 16.9 Å². The number of amides is 1. The number of piperidine rings is 1. The Labute approximate surface area is 231 Å². The smallest absolute Gasteiger partial charge is 0.235 e. The lowest BCUT2D eigenvalue weighted by molar-refractivity contribution is -0.123. The summed E-state index contributed by atoms with van der Waals surface area (Å²) in [5.41, 5.74) is 9.56. The van der Waals surface area contributed by atoms with E-state index in [4.69, 9.17) is 33.7 Å². The Morgan fingerprint density at radius 1 is 1.16 bits per heavy atom. The maximum absolute atomic E-state index is 14.1. The molecule has 2 fully saturated rings. The summed E-state index contributed by atoms with van der Waals surface area (Å²) in [5.74, 6) is 0.0368. The summed E-state index contributed by atoms with van der Waals surface area (Å²) < 4.78 is 20.1. The van der Waals surface area contributed by atoms with Crippen molar-refractivity contribution in [2.45, 2.75) is 56.6 Å². The lowest BCUT2D eigenvalue weighted by Crippen LogP contribution is -2.51. The number of carbonyl (C=O) groups is 1. The van der Waals surface area contributed by atoms with Gasteiger partial charge in [0.1, 0.15) is 11.9 Å². The van der Waals surface area contributed by atoms with Crippen molar-refractivity contribution in [1.29, 1.82) is 0 Å². The van der Waals surface area contributed by atoms with Gasteiger partial charge in [-0.2, -0.15) is 0 Å². The van der Waals surface area contributed by atoms with Crippen molar-refractivity contribution in [1.82, 2.24) is 9.88 Å². The van der Waals surface area contributed by atoms with Crippen molar-refractivity contribution in [2.75, 3.05) is 24.1 Å². The summed E-state index contributed by atoms with van der Waals surface area (Å²) in [6.07, 6.45) is 6.55. The highest BCUT2D eigenvalue weighted by Crippen LogP contribution is 2.47. The SMILES string of the molecule is C[C@@H](Oc1cc(-c2ccc3c(c2)NC(=O)C32CCN(C3CCC3)CC2)cnc1N)c1c(Cl)ccc(F)c1Cl. The number of halogens is 3. The number of hydrogen-bond acceptors (Lipinski definition) is 5. The molecule has 1 aliphatic carbocycles. The number of ether oxygens (including phenoxy) is 1. The fraction of sp³-hybridized carbons (Fsp3) is 0.379. The van der Waals surface area contributed by atoms with Crippen LogP contribution in [0.15, 0.2) is 42.6 Å². The first-order chi connectivity index (χ1) is 18.3. The minimum Gasteiger partial charge on any atom is -0.482 e. The number of nitrogens with two attached hydrogens (primary N) is 1. The summed E-state index contributed by atoms with van der Waals surface area (Å²) in [7, 11) is 0. The number of aromatic nitrogens is 1. The standard InChI is InChI=1S/C29H29Cl2FN4O2/c1-16(25-21(30)7-8-22(32)26(25)31)38-24-14-18(15-34-27(24)33)17-5-6-20-23(13-17)35-28(37)29(20)9-11-36(12-10-29)19-3-2-4-19/h5-8,13-16,19H,2-4,9-12H2,1H3,(H2,33,34)(H,35,37)/t16-/m1/s1. The van der Waals surface area contributed by atoms with Gasteiger partial charge in [0.15, 0.2) is 11.6 Å². The number of nitrogens with zero attached hydrogens (tertiary/aromatic N) is 2.